The fraction of sp³-hybridized carbons (Fsp3) is 0.100. The predicted octanol–water partition coefficient (Wildman–Crippen LogP) is 5.55. The van der Waals surface area contributed by atoms with Gasteiger partial charge in [0.05, 0.1) is 11.0 Å². The van der Waals surface area contributed by atoms with Crippen molar-refractivity contribution in [2.24, 2.45) is 0 Å². The van der Waals surface area contributed by atoms with Gasteiger partial charge in [-0.2, -0.15) is 0 Å². The Morgan fingerprint density at radius 2 is 1.09 bits per heavy atom. The SMILES string of the molecule is Cc1cc(Sc2cc(C)nc3ccccc23)c2ccccc2n1. The molecule has 3 heteroatoms. The van der Waals surface area contributed by atoms with Crippen molar-refractivity contribution in [1.82, 2.24) is 9.97 Å². The molecule has 0 aliphatic carbocycles. The van der Waals surface area contributed by atoms with E-state index in [1.165, 1.54) is 20.6 Å². The van der Waals surface area contributed by atoms with Gasteiger partial charge in [0.1, 0.15) is 0 Å². The molecule has 2 nitrogen and oxygen atoms in total. The van der Waals surface area contributed by atoms with Gasteiger partial charge in [0.2, 0.25) is 0 Å². The molecule has 2 heterocycles. The number of aromatic nitrogens is 2. The maximum atomic E-state index is 4.63. The Labute approximate surface area is 139 Å². The molecule has 0 spiro atoms. The lowest BCUT2D eigenvalue weighted by Gasteiger charge is -2.10. The summed E-state index contributed by atoms with van der Waals surface area (Å²) in [6.07, 6.45) is 0. The highest BCUT2D eigenvalue weighted by atomic mass is 32.2. The first kappa shape index (κ1) is 14.2. The highest BCUT2D eigenvalue weighted by Gasteiger charge is 2.09. The van der Waals surface area contributed by atoms with E-state index in [0.717, 1.165) is 22.4 Å². The van der Waals surface area contributed by atoms with Crippen molar-refractivity contribution in [2.75, 3.05) is 0 Å². The summed E-state index contributed by atoms with van der Waals surface area (Å²) in [6.45, 7) is 4.10. The molecule has 112 valence electrons. The Bertz CT molecular complexity index is 941. The molecule has 2 aromatic heterocycles. The Morgan fingerprint density at radius 1 is 0.652 bits per heavy atom. The predicted molar refractivity (Wildman–Crippen MR) is 97.1 cm³/mol. The molecule has 0 amide bonds. The molecule has 0 saturated carbocycles. The molecule has 0 fully saturated rings. The summed E-state index contributed by atoms with van der Waals surface area (Å²) in [5.41, 5.74) is 4.18. The maximum absolute atomic E-state index is 4.63. The van der Waals surface area contributed by atoms with E-state index in [1.54, 1.807) is 11.8 Å². The Kier molecular flexibility index (Phi) is 3.50. The van der Waals surface area contributed by atoms with Crippen LogP contribution in [0.3, 0.4) is 0 Å². The molecule has 2 aromatic carbocycles. The number of para-hydroxylation sites is 2. The molecule has 0 aliphatic rings. The van der Waals surface area contributed by atoms with Crippen LogP contribution in [0.2, 0.25) is 0 Å². The summed E-state index contributed by atoms with van der Waals surface area (Å²) in [5.74, 6) is 0. The number of benzene rings is 2. The highest BCUT2D eigenvalue weighted by molar-refractivity contribution is 7.99. The summed E-state index contributed by atoms with van der Waals surface area (Å²) < 4.78 is 0. The first-order chi connectivity index (χ1) is 11.2. The molecule has 4 aromatic rings. The lowest BCUT2D eigenvalue weighted by atomic mass is 10.2. The van der Waals surface area contributed by atoms with E-state index in [0.29, 0.717) is 0 Å². The smallest absolute Gasteiger partial charge is 0.0716 e. The third-order valence-electron chi connectivity index (χ3n) is 3.83. The van der Waals surface area contributed by atoms with Gasteiger partial charge in [-0.3, -0.25) is 9.97 Å². The van der Waals surface area contributed by atoms with Crippen molar-refractivity contribution in [3.8, 4) is 0 Å². The van der Waals surface area contributed by atoms with Gasteiger partial charge in [-0.25, -0.2) is 0 Å². The van der Waals surface area contributed by atoms with Crippen molar-refractivity contribution in [1.29, 1.82) is 0 Å². The van der Waals surface area contributed by atoms with E-state index in [1.807, 2.05) is 26.0 Å². The monoisotopic (exact) mass is 316 g/mol. The van der Waals surface area contributed by atoms with Crippen LogP contribution in [-0.2, 0) is 0 Å². The standard InChI is InChI=1S/C20H16N2S/c1-13-11-19(15-7-3-5-9-17(15)21-13)23-20-12-14(2)22-18-10-6-4-8-16(18)20/h3-12H,1-2H3. The Morgan fingerprint density at radius 3 is 1.57 bits per heavy atom. The minimum atomic E-state index is 1.04. The number of hydrogen-bond donors (Lipinski definition) is 0. The molecular weight excluding hydrogens is 300 g/mol. The molecule has 0 radical (unpaired) electrons. The summed E-state index contributed by atoms with van der Waals surface area (Å²) >= 11 is 1.79. The lowest BCUT2D eigenvalue weighted by molar-refractivity contribution is 1.21. The van der Waals surface area contributed by atoms with Gasteiger partial charge in [-0.15, -0.1) is 0 Å². The normalized spacial score (nSPS) is 11.2. The fourth-order valence-electron chi connectivity index (χ4n) is 2.83. The van der Waals surface area contributed by atoms with Crippen LogP contribution >= 0.6 is 11.8 Å². The van der Waals surface area contributed by atoms with Crippen LogP contribution < -0.4 is 0 Å². The van der Waals surface area contributed by atoms with Crippen LogP contribution in [0.1, 0.15) is 11.4 Å². The largest absolute Gasteiger partial charge is 0.253 e. The molecule has 4 rings (SSSR count). The van der Waals surface area contributed by atoms with Crippen molar-refractivity contribution < 1.29 is 0 Å². The van der Waals surface area contributed by atoms with E-state index in [4.69, 9.17) is 0 Å². The number of pyridine rings is 2. The Hall–Kier alpha value is -2.39. The highest BCUT2D eigenvalue weighted by Crippen LogP contribution is 2.37. The van der Waals surface area contributed by atoms with E-state index >= 15 is 0 Å². The van der Waals surface area contributed by atoms with Gasteiger partial charge < -0.3 is 0 Å². The molecule has 0 saturated heterocycles. The molecule has 23 heavy (non-hydrogen) atoms. The van der Waals surface area contributed by atoms with Gasteiger partial charge in [0.15, 0.2) is 0 Å². The molecule has 0 atom stereocenters. The van der Waals surface area contributed by atoms with Crippen LogP contribution in [0.4, 0.5) is 0 Å². The number of aryl methyl sites for hydroxylation is 2. The minimum Gasteiger partial charge on any atom is -0.253 e. The van der Waals surface area contributed by atoms with E-state index in [2.05, 4.69) is 58.5 Å². The second-order valence-corrected chi connectivity index (χ2v) is 6.74. The van der Waals surface area contributed by atoms with Crippen LogP contribution in [0.25, 0.3) is 21.8 Å². The molecule has 0 unspecified atom stereocenters. The number of hydrogen-bond acceptors (Lipinski definition) is 3. The Balaban J connectivity index is 1.92. The average Bonchev–Trinajstić information content (AvgIpc) is 2.54. The van der Waals surface area contributed by atoms with Crippen LogP contribution in [0.15, 0.2) is 70.5 Å². The maximum Gasteiger partial charge on any atom is 0.0716 e. The topological polar surface area (TPSA) is 25.8 Å². The molecule has 0 N–H and O–H groups in total. The molecule has 0 aliphatic heterocycles. The number of nitrogens with zero attached hydrogens (tertiary/aromatic N) is 2. The first-order valence-electron chi connectivity index (χ1n) is 7.61. The second kappa shape index (κ2) is 5.67. The quantitative estimate of drug-likeness (QED) is 0.485. The third kappa shape index (κ3) is 2.68. The zero-order valence-corrected chi connectivity index (χ0v) is 13.9. The van der Waals surface area contributed by atoms with Gasteiger partial charge in [-0.05, 0) is 38.1 Å². The number of fused-ring (bicyclic) bond motifs is 2. The second-order valence-electron chi connectivity index (χ2n) is 5.66. The molecule has 0 bridgehead atoms. The van der Waals surface area contributed by atoms with E-state index < -0.39 is 0 Å². The zero-order chi connectivity index (χ0) is 15.8. The van der Waals surface area contributed by atoms with Crippen LogP contribution in [-0.4, -0.2) is 9.97 Å². The van der Waals surface area contributed by atoms with Gasteiger partial charge in [0.25, 0.3) is 0 Å². The fourth-order valence-corrected chi connectivity index (χ4v) is 4.09. The van der Waals surface area contributed by atoms with Crippen molar-refractivity contribution in [3.05, 3.63) is 72.1 Å². The summed E-state index contributed by atoms with van der Waals surface area (Å²) in [4.78, 5) is 11.7. The summed E-state index contributed by atoms with van der Waals surface area (Å²) in [6, 6.07) is 21.0. The van der Waals surface area contributed by atoms with Crippen molar-refractivity contribution >= 4 is 33.6 Å². The summed E-state index contributed by atoms with van der Waals surface area (Å²) in [7, 11) is 0. The van der Waals surface area contributed by atoms with Crippen molar-refractivity contribution in [3.63, 3.8) is 0 Å². The lowest BCUT2D eigenvalue weighted by Crippen LogP contribution is -1.89. The van der Waals surface area contributed by atoms with E-state index in [9.17, 15) is 0 Å². The van der Waals surface area contributed by atoms with Crippen molar-refractivity contribution in [2.45, 2.75) is 23.6 Å². The third-order valence-corrected chi connectivity index (χ3v) is 4.95. The van der Waals surface area contributed by atoms with Gasteiger partial charge in [-0.1, -0.05) is 48.2 Å². The molecular formula is C20H16N2S. The first-order valence-corrected chi connectivity index (χ1v) is 8.43. The zero-order valence-electron chi connectivity index (χ0n) is 13.1. The number of rotatable bonds is 2. The van der Waals surface area contributed by atoms with Gasteiger partial charge in [0, 0.05) is 32.0 Å². The van der Waals surface area contributed by atoms with E-state index in [-0.39, 0.29) is 0 Å². The van der Waals surface area contributed by atoms with Crippen LogP contribution in [0, 0.1) is 13.8 Å². The van der Waals surface area contributed by atoms with Gasteiger partial charge >= 0.3 is 0 Å². The average molecular weight is 316 g/mol. The van der Waals surface area contributed by atoms with Crippen LogP contribution in [0.5, 0.6) is 0 Å². The minimum absolute atomic E-state index is 1.04. The summed E-state index contributed by atoms with van der Waals surface area (Å²) in [5, 5.41) is 2.39.